The predicted molar refractivity (Wildman–Crippen MR) is 332 cm³/mol. The van der Waals surface area contributed by atoms with Crippen LogP contribution in [0.5, 0.6) is 5.75 Å². The standard InChI is InChI=1S/C21H15N7O4S.C18H17N7O4S.C17H13N7O3S2/c1-2-13-5-12-4-3-11(6-16(12)32-13)15(29)7-28-25-17(24-26-28)8-27-10-23-20-18(21(27)31)14(9-33-20)19(22)30;1-29-11-4-2-10(3-5-11)13(26)6-25-22-14(21-23-25)7-24-9-20-17-15(18(24)28)12(8-30-17)16(19)27;1-2-9-3-4-12(29-9)11(25)5-24-21-13(20-22-24)6-23-8-19-16-14(17(23)27)10(7-28-16)15(18)26/h1,3-6,9-10,15,29H,7-8H2,(H2,22,30);2-5,8-9,13,26H,6-7H2,1H3,(H2,19,27);1,3-4,7-8,11,25H,5-6H2,(H2,18,26)/t15-;13-;11-/m000/s1. The molecule has 11 aromatic heterocycles. The summed E-state index contributed by atoms with van der Waals surface area (Å²) in [6, 6.07) is 17.5. The number of nitrogens with zero attached hydrogens (tertiary/aromatic N) is 18. The summed E-state index contributed by atoms with van der Waals surface area (Å²) >= 11 is 4.82. The van der Waals surface area contributed by atoms with Crippen molar-refractivity contribution in [2.45, 2.75) is 57.6 Å². The topological polar surface area (TPSA) is 448 Å². The van der Waals surface area contributed by atoms with E-state index in [9.17, 15) is 44.1 Å². The van der Waals surface area contributed by atoms with Crippen molar-refractivity contribution in [3.8, 4) is 30.4 Å². The molecule has 0 saturated carbocycles. The van der Waals surface area contributed by atoms with E-state index in [1.54, 1.807) is 67.8 Å². The average Bonchev–Trinajstić information content (AvgIpc) is 1.74. The maximum absolute atomic E-state index is 12.8. The van der Waals surface area contributed by atoms with Gasteiger partial charge in [-0.3, -0.25) is 42.5 Å². The van der Waals surface area contributed by atoms with Gasteiger partial charge in [0.25, 0.3) is 16.7 Å². The number of methoxy groups -OCH3 is 1. The number of furan rings is 1. The van der Waals surface area contributed by atoms with E-state index in [-0.39, 0.29) is 89.6 Å². The van der Waals surface area contributed by atoms with E-state index in [2.05, 4.69) is 73.0 Å². The molecule has 0 fully saturated rings. The maximum Gasteiger partial charge on any atom is 0.263 e. The highest BCUT2D eigenvalue weighted by Gasteiger charge is 2.22. The van der Waals surface area contributed by atoms with Gasteiger partial charge in [0.15, 0.2) is 23.2 Å². The highest BCUT2D eigenvalue weighted by Crippen LogP contribution is 2.27. The SMILES string of the molecule is C#Cc1cc2ccc([C@@H](O)Cn3nnc(Cn4cnc5scc(C(N)=O)c5c4=O)n3)cc2o1.C#Cc1ccc([C@@H](O)Cn2nnc(Cn3cnc4scc(C(N)=O)c4c3=O)n2)s1.COc1ccc([C@@H](O)Cn2nnc(Cn3cnc4scc(C(N)=O)c4c3=O)n2)cc1. The van der Waals surface area contributed by atoms with Crippen molar-refractivity contribution in [3.63, 3.8) is 0 Å². The van der Waals surface area contributed by atoms with Gasteiger partial charge in [-0.1, -0.05) is 30.2 Å². The molecule has 92 heavy (non-hydrogen) atoms. The molecule has 3 atom stereocenters. The molecular weight excluding hydrogens is 1270 g/mol. The van der Waals surface area contributed by atoms with E-state index in [4.69, 9.17) is 39.2 Å². The van der Waals surface area contributed by atoms with Gasteiger partial charge in [0.2, 0.25) is 17.7 Å². The zero-order valence-electron chi connectivity index (χ0n) is 47.4. The molecule has 11 heterocycles. The Kier molecular flexibility index (Phi) is 18.1. The van der Waals surface area contributed by atoms with Gasteiger partial charge in [-0.25, -0.2) is 15.0 Å². The number of amides is 3. The molecule has 0 aliphatic heterocycles. The van der Waals surface area contributed by atoms with Crippen LogP contribution in [0, 0.1) is 24.7 Å². The molecule has 0 saturated heterocycles. The fourth-order valence-corrected chi connectivity index (χ4v) is 12.5. The van der Waals surface area contributed by atoms with Crippen LogP contribution in [0.15, 0.2) is 115 Å². The summed E-state index contributed by atoms with van der Waals surface area (Å²) in [6.45, 7) is 0.200. The number of fused-ring (bicyclic) bond motifs is 4. The number of carbonyl (C=O) groups is 3. The van der Waals surface area contributed by atoms with Crippen LogP contribution < -0.4 is 38.6 Å². The molecule has 0 bridgehead atoms. The van der Waals surface area contributed by atoms with Crippen LogP contribution in [-0.2, 0) is 39.3 Å². The molecule has 0 aliphatic carbocycles. The lowest BCUT2D eigenvalue weighted by Gasteiger charge is -2.10. The number of aliphatic hydroxyl groups is 3. The largest absolute Gasteiger partial charge is 0.497 e. The molecule has 0 aliphatic rings. The summed E-state index contributed by atoms with van der Waals surface area (Å²) in [7, 11) is 1.57. The van der Waals surface area contributed by atoms with Gasteiger partial charge in [-0.15, -0.1) is 88.8 Å². The summed E-state index contributed by atoms with van der Waals surface area (Å²) in [5.41, 5.74) is 17.0. The highest BCUT2D eigenvalue weighted by molar-refractivity contribution is 7.17. The zero-order chi connectivity index (χ0) is 64.9. The van der Waals surface area contributed by atoms with Crippen LogP contribution in [-0.4, -0.2) is 129 Å². The van der Waals surface area contributed by atoms with Crippen molar-refractivity contribution in [2.75, 3.05) is 7.11 Å². The first-order valence-corrected chi connectivity index (χ1v) is 30.1. The number of aliphatic hydroxyl groups excluding tert-OH is 3. The first kappa shape index (κ1) is 62.2. The van der Waals surface area contributed by atoms with Gasteiger partial charge >= 0.3 is 0 Å². The first-order valence-electron chi connectivity index (χ1n) is 26.7. The molecule has 3 amide bonds. The molecule has 13 aromatic rings. The summed E-state index contributed by atoms with van der Waals surface area (Å²) in [5.74, 6) is 4.73. The third kappa shape index (κ3) is 13.5. The smallest absolute Gasteiger partial charge is 0.263 e. The lowest BCUT2D eigenvalue weighted by molar-refractivity contribution is 0.0993. The van der Waals surface area contributed by atoms with E-state index in [1.807, 2.05) is 0 Å². The van der Waals surface area contributed by atoms with Gasteiger partial charge in [0.05, 0.1) is 103 Å². The molecule has 2 aromatic carbocycles. The number of primary amides is 3. The van der Waals surface area contributed by atoms with E-state index in [0.717, 1.165) is 10.3 Å². The van der Waals surface area contributed by atoms with Gasteiger partial charge in [-0.05, 0) is 63.0 Å². The van der Waals surface area contributed by atoms with Crippen molar-refractivity contribution >= 4 is 105 Å². The Hall–Kier alpha value is -11.4. The minimum Gasteiger partial charge on any atom is -0.497 e. The third-order valence-corrected chi connectivity index (χ3v) is 17.4. The van der Waals surface area contributed by atoms with E-state index >= 15 is 0 Å². The molecule has 0 radical (unpaired) electrons. The number of hydrogen-bond acceptors (Lipinski definition) is 27. The second-order valence-corrected chi connectivity index (χ2v) is 23.3. The lowest BCUT2D eigenvalue weighted by Crippen LogP contribution is -2.23. The molecule has 0 spiro atoms. The Balaban J connectivity index is 0.000000142. The van der Waals surface area contributed by atoms with Crippen LogP contribution in [0.3, 0.4) is 0 Å². The summed E-state index contributed by atoms with van der Waals surface area (Å²) < 4.78 is 14.5. The minimum atomic E-state index is -0.930. The molecule has 36 heteroatoms. The molecule has 0 unspecified atom stereocenters. The Morgan fingerprint density at radius 2 is 1.00 bits per heavy atom. The fourth-order valence-electron chi connectivity index (χ4n) is 9.02. The van der Waals surface area contributed by atoms with Crippen LogP contribution in [0.25, 0.3) is 41.6 Å². The Bertz CT molecular complexity index is 5210. The van der Waals surface area contributed by atoms with Crippen molar-refractivity contribution in [2.24, 2.45) is 17.2 Å². The number of ether oxygens (including phenoxy) is 1. The van der Waals surface area contributed by atoms with Gasteiger partial charge in [-0.2, -0.15) is 14.4 Å². The van der Waals surface area contributed by atoms with Crippen LogP contribution in [0.1, 0.15) is 93.5 Å². The fraction of sp³-hybridized carbons (Fsp3) is 0.179. The highest BCUT2D eigenvalue weighted by atomic mass is 32.1. The van der Waals surface area contributed by atoms with Gasteiger partial charge in [0, 0.05) is 32.5 Å². The lowest BCUT2D eigenvalue weighted by atomic mass is 10.1. The molecule has 32 nitrogen and oxygen atoms in total. The molecular formula is C56H45N21O11S4. The van der Waals surface area contributed by atoms with Crippen molar-refractivity contribution < 1.29 is 38.9 Å². The number of benzene rings is 2. The van der Waals surface area contributed by atoms with Crippen molar-refractivity contribution in [1.29, 1.82) is 0 Å². The van der Waals surface area contributed by atoms with Crippen LogP contribution in [0.4, 0.5) is 0 Å². The maximum atomic E-state index is 12.8. The third-order valence-electron chi connectivity index (χ3n) is 13.6. The molecule has 9 N–H and O–H groups in total. The van der Waals surface area contributed by atoms with E-state index < -0.39 is 52.7 Å². The average molecular weight is 1320 g/mol. The van der Waals surface area contributed by atoms with Crippen LogP contribution >= 0.6 is 45.3 Å². The zero-order valence-corrected chi connectivity index (χ0v) is 50.7. The summed E-state index contributed by atoms with van der Waals surface area (Å²) in [4.78, 5) is 91.9. The number of nitrogens with two attached hydrogens (primary N) is 3. The van der Waals surface area contributed by atoms with E-state index in [0.29, 0.717) is 47.6 Å². The normalized spacial score (nSPS) is 12.2. The van der Waals surface area contributed by atoms with Crippen LogP contribution in [0.2, 0.25) is 0 Å². The number of hydrogen-bond donors (Lipinski definition) is 6. The van der Waals surface area contributed by atoms with Gasteiger partial charge < -0.3 is 41.7 Å². The number of rotatable bonds is 19. The first-order chi connectivity index (χ1) is 44.3. The van der Waals surface area contributed by atoms with E-state index in [1.165, 1.54) is 109 Å². The Morgan fingerprint density at radius 3 is 1.40 bits per heavy atom. The molecule has 13 rings (SSSR count). The quantitative estimate of drug-likeness (QED) is 0.0628. The number of tetrazole rings is 3. The summed E-state index contributed by atoms with van der Waals surface area (Å²) in [5, 5.41) is 73.3. The van der Waals surface area contributed by atoms with Gasteiger partial charge in [0.1, 0.15) is 44.1 Å². The second-order valence-electron chi connectivity index (χ2n) is 19.6. The summed E-state index contributed by atoms with van der Waals surface area (Å²) in [6.07, 6.45) is 12.2. The number of terminal acetylenes is 2. The second kappa shape index (κ2) is 26.8. The monoisotopic (exact) mass is 1320 g/mol. The number of carbonyl (C=O) groups excluding carboxylic acids is 3. The number of thiophene rings is 4. The molecule has 464 valence electrons. The Morgan fingerprint density at radius 1 is 0.576 bits per heavy atom. The Labute approximate surface area is 530 Å². The predicted octanol–water partition coefficient (Wildman–Crippen LogP) is 1.75. The number of aromatic nitrogens is 18. The van der Waals surface area contributed by atoms with Crippen molar-refractivity contribution in [3.05, 3.63) is 188 Å². The minimum absolute atomic E-state index is 0.00611. The van der Waals surface area contributed by atoms with Crippen molar-refractivity contribution in [1.82, 2.24) is 89.3 Å².